The molecule has 2 rings (SSSR count). The first-order valence-electron chi connectivity index (χ1n) is 10.1. The molecule has 2 aromatic rings. The Bertz CT molecular complexity index is 824. The molecule has 0 aromatic heterocycles. The topological polar surface area (TPSA) is 52.6 Å². The molecular formula is C24H32O4. The van der Waals surface area contributed by atoms with E-state index in [2.05, 4.69) is 6.92 Å². The second kappa shape index (κ2) is 9.22. The van der Waals surface area contributed by atoms with Crippen LogP contribution in [0.5, 0.6) is 0 Å². The Hall–Kier alpha value is -2.36. The zero-order valence-corrected chi connectivity index (χ0v) is 17.7. The zero-order chi connectivity index (χ0) is 20.8. The Morgan fingerprint density at radius 1 is 0.929 bits per heavy atom. The standard InChI is InChI=1S/C24H32O4/c1-6-14-24(5,7-2)22(26)27-16-15-23(3,4)28-21(25)20-13-12-18-10-8-9-11-19(18)17-20/h8-13,17H,6-7,14-16H2,1-5H3. The van der Waals surface area contributed by atoms with E-state index in [9.17, 15) is 9.59 Å². The molecule has 0 aliphatic heterocycles. The quantitative estimate of drug-likeness (QED) is 0.503. The lowest BCUT2D eigenvalue weighted by atomic mass is 9.83. The summed E-state index contributed by atoms with van der Waals surface area (Å²) in [4.78, 5) is 25.0. The second-order valence-corrected chi connectivity index (χ2v) is 8.26. The number of carbonyl (C=O) groups is 2. The third kappa shape index (κ3) is 5.57. The van der Waals surface area contributed by atoms with Crippen LogP contribution in [0.1, 0.15) is 70.7 Å². The van der Waals surface area contributed by atoms with E-state index >= 15 is 0 Å². The van der Waals surface area contributed by atoms with E-state index in [1.807, 2.05) is 64.1 Å². The van der Waals surface area contributed by atoms with Gasteiger partial charge in [0.15, 0.2) is 0 Å². The first-order valence-corrected chi connectivity index (χ1v) is 10.1. The predicted molar refractivity (Wildman–Crippen MR) is 112 cm³/mol. The molecule has 152 valence electrons. The van der Waals surface area contributed by atoms with Gasteiger partial charge in [-0.15, -0.1) is 0 Å². The molecule has 0 fully saturated rings. The van der Waals surface area contributed by atoms with Crippen molar-refractivity contribution >= 4 is 22.7 Å². The lowest BCUT2D eigenvalue weighted by molar-refractivity contribution is -0.156. The van der Waals surface area contributed by atoms with E-state index in [1.165, 1.54) is 0 Å². The van der Waals surface area contributed by atoms with Gasteiger partial charge in [0.1, 0.15) is 5.60 Å². The molecule has 0 saturated carbocycles. The minimum Gasteiger partial charge on any atom is -0.465 e. The van der Waals surface area contributed by atoms with Crippen LogP contribution in [-0.2, 0) is 14.3 Å². The molecule has 4 heteroatoms. The molecule has 2 aromatic carbocycles. The number of hydrogen-bond acceptors (Lipinski definition) is 4. The molecule has 0 spiro atoms. The van der Waals surface area contributed by atoms with Gasteiger partial charge in [0.25, 0.3) is 0 Å². The first-order chi connectivity index (χ1) is 13.2. The Morgan fingerprint density at radius 2 is 1.61 bits per heavy atom. The second-order valence-electron chi connectivity index (χ2n) is 8.26. The summed E-state index contributed by atoms with van der Waals surface area (Å²) in [6.07, 6.45) is 2.95. The van der Waals surface area contributed by atoms with Crippen molar-refractivity contribution in [3.63, 3.8) is 0 Å². The van der Waals surface area contributed by atoms with Crippen LogP contribution in [0, 0.1) is 5.41 Å². The fraction of sp³-hybridized carbons (Fsp3) is 0.500. The number of esters is 2. The summed E-state index contributed by atoms with van der Waals surface area (Å²) in [5.74, 6) is -0.542. The smallest absolute Gasteiger partial charge is 0.338 e. The summed E-state index contributed by atoms with van der Waals surface area (Å²) in [6, 6.07) is 13.4. The number of benzene rings is 2. The van der Waals surface area contributed by atoms with Crippen molar-refractivity contribution in [2.75, 3.05) is 6.61 Å². The van der Waals surface area contributed by atoms with Crippen LogP contribution in [-0.4, -0.2) is 24.1 Å². The first kappa shape index (κ1) is 21.9. The van der Waals surface area contributed by atoms with E-state index in [-0.39, 0.29) is 18.5 Å². The molecule has 0 amide bonds. The van der Waals surface area contributed by atoms with Crippen LogP contribution in [0.4, 0.5) is 0 Å². The van der Waals surface area contributed by atoms with E-state index in [4.69, 9.17) is 9.47 Å². The van der Waals surface area contributed by atoms with E-state index in [0.29, 0.717) is 12.0 Å². The maximum Gasteiger partial charge on any atom is 0.338 e. The van der Waals surface area contributed by atoms with Gasteiger partial charge in [-0.1, -0.05) is 50.6 Å². The third-order valence-electron chi connectivity index (χ3n) is 5.37. The normalized spacial score (nSPS) is 13.8. The van der Waals surface area contributed by atoms with Crippen LogP contribution < -0.4 is 0 Å². The van der Waals surface area contributed by atoms with Crippen molar-refractivity contribution < 1.29 is 19.1 Å². The summed E-state index contributed by atoms with van der Waals surface area (Å²) < 4.78 is 11.2. The van der Waals surface area contributed by atoms with Crippen molar-refractivity contribution in [1.82, 2.24) is 0 Å². The lowest BCUT2D eigenvalue weighted by Crippen LogP contribution is -2.33. The van der Waals surface area contributed by atoms with Gasteiger partial charge in [-0.2, -0.15) is 0 Å². The Morgan fingerprint density at radius 3 is 2.25 bits per heavy atom. The Labute approximate surface area is 168 Å². The fourth-order valence-electron chi connectivity index (χ4n) is 3.22. The number of ether oxygens (including phenoxy) is 2. The van der Waals surface area contributed by atoms with Crippen molar-refractivity contribution in [3.05, 3.63) is 48.0 Å². The number of rotatable bonds is 9. The average molecular weight is 385 g/mol. The third-order valence-corrected chi connectivity index (χ3v) is 5.37. The number of fused-ring (bicyclic) bond motifs is 1. The molecule has 28 heavy (non-hydrogen) atoms. The van der Waals surface area contributed by atoms with Crippen LogP contribution in [0.15, 0.2) is 42.5 Å². The van der Waals surface area contributed by atoms with E-state index < -0.39 is 11.0 Å². The zero-order valence-electron chi connectivity index (χ0n) is 17.7. The van der Waals surface area contributed by atoms with Gasteiger partial charge >= 0.3 is 11.9 Å². The SMILES string of the molecule is CCCC(C)(CC)C(=O)OCCC(C)(C)OC(=O)c1ccc2ccccc2c1. The van der Waals surface area contributed by atoms with Crippen LogP contribution in [0.2, 0.25) is 0 Å². The summed E-state index contributed by atoms with van der Waals surface area (Å²) in [5.41, 5.74) is -0.651. The van der Waals surface area contributed by atoms with Crippen LogP contribution >= 0.6 is 0 Å². The number of carbonyl (C=O) groups excluding carboxylic acids is 2. The van der Waals surface area contributed by atoms with Gasteiger partial charge in [-0.3, -0.25) is 4.79 Å². The maximum atomic E-state index is 12.6. The number of hydrogen-bond donors (Lipinski definition) is 0. The molecule has 0 bridgehead atoms. The molecule has 1 unspecified atom stereocenters. The summed E-state index contributed by atoms with van der Waals surface area (Å²) in [5, 5.41) is 2.08. The Kier molecular flexibility index (Phi) is 7.22. The molecular weight excluding hydrogens is 352 g/mol. The van der Waals surface area contributed by atoms with Crippen LogP contribution in [0.25, 0.3) is 10.8 Å². The highest BCUT2D eigenvalue weighted by Crippen LogP contribution is 2.29. The molecule has 0 aliphatic rings. The van der Waals surface area contributed by atoms with Crippen molar-refractivity contribution in [3.8, 4) is 0 Å². The van der Waals surface area contributed by atoms with Crippen LogP contribution in [0.3, 0.4) is 0 Å². The van der Waals surface area contributed by atoms with Gasteiger partial charge in [0.05, 0.1) is 17.6 Å². The maximum absolute atomic E-state index is 12.6. The van der Waals surface area contributed by atoms with Gasteiger partial charge in [-0.25, -0.2) is 4.79 Å². The predicted octanol–water partition coefficient (Wildman–Crippen LogP) is 5.92. The monoisotopic (exact) mass is 384 g/mol. The average Bonchev–Trinajstić information content (AvgIpc) is 2.67. The van der Waals surface area contributed by atoms with Crippen molar-refractivity contribution in [1.29, 1.82) is 0 Å². The highest BCUT2D eigenvalue weighted by atomic mass is 16.6. The molecule has 0 aliphatic carbocycles. The minimum absolute atomic E-state index is 0.173. The van der Waals surface area contributed by atoms with Crippen molar-refractivity contribution in [2.45, 2.75) is 65.9 Å². The van der Waals surface area contributed by atoms with Gasteiger partial charge in [0.2, 0.25) is 0 Å². The van der Waals surface area contributed by atoms with Gasteiger partial charge in [0, 0.05) is 6.42 Å². The highest BCUT2D eigenvalue weighted by molar-refractivity contribution is 5.95. The summed E-state index contributed by atoms with van der Waals surface area (Å²) in [6.45, 7) is 9.93. The Balaban J connectivity index is 1.93. The molecule has 0 heterocycles. The van der Waals surface area contributed by atoms with Crippen molar-refractivity contribution in [2.24, 2.45) is 5.41 Å². The highest BCUT2D eigenvalue weighted by Gasteiger charge is 2.32. The summed E-state index contributed by atoms with van der Waals surface area (Å²) >= 11 is 0. The minimum atomic E-state index is -0.726. The largest absolute Gasteiger partial charge is 0.465 e. The van der Waals surface area contributed by atoms with Gasteiger partial charge < -0.3 is 9.47 Å². The molecule has 0 radical (unpaired) electrons. The fourth-order valence-corrected chi connectivity index (χ4v) is 3.22. The molecule has 0 saturated heterocycles. The van der Waals surface area contributed by atoms with Gasteiger partial charge in [-0.05, 0) is 56.5 Å². The lowest BCUT2D eigenvalue weighted by Gasteiger charge is -2.28. The summed E-state index contributed by atoms with van der Waals surface area (Å²) in [7, 11) is 0. The molecule has 1 atom stereocenters. The van der Waals surface area contributed by atoms with E-state index in [0.717, 1.165) is 30.0 Å². The van der Waals surface area contributed by atoms with E-state index in [1.54, 1.807) is 6.07 Å². The molecule has 0 N–H and O–H groups in total. The molecule has 4 nitrogen and oxygen atoms in total.